The maximum absolute atomic E-state index is 13.9. The van der Waals surface area contributed by atoms with E-state index < -0.39 is 11.9 Å². The highest BCUT2D eigenvalue weighted by molar-refractivity contribution is 5.97. The summed E-state index contributed by atoms with van der Waals surface area (Å²) in [6.07, 6.45) is 2.68. The molecule has 0 saturated carbocycles. The zero-order valence-electron chi connectivity index (χ0n) is 13.8. The quantitative estimate of drug-likeness (QED) is 0.847. The van der Waals surface area contributed by atoms with E-state index in [2.05, 4.69) is 10.6 Å². The smallest absolute Gasteiger partial charge is 0.255 e. The van der Waals surface area contributed by atoms with Gasteiger partial charge in [0.15, 0.2) is 0 Å². The number of rotatable bonds is 6. The number of anilines is 1. The second-order valence-electron chi connectivity index (χ2n) is 5.61. The van der Waals surface area contributed by atoms with Gasteiger partial charge in [0.1, 0.15) is 18.1 Å². The van der Waals surface area contributed by atoms with Gasteiger partial charge in [-0.15, -0.1) is 0 Å². The first-order valence-electron chi connectivity index (χ1n) is 7.45. The number of hydrogen-bond donors (Lipinski definition) is 2. The summed E-state index contributed by atoms with van der Waals surface area (Å²) >= 11 is 0. The largest absolute Gasteiger partial charge is 0.472 e. The van der Waals surface area contributed by atoms with Gasteiger partial charge in [-0.05, 0) is 30.7 Å². The summed E-state index contributed by atoms with van der Waals surface area (Å²) in [5.41, 5.74) is 1.46. The van der Waals surface area contributed by atoms with Gasteiger partial charge in [0.25, 0.3) is 5.91 Å². The van der Waals surface area contributed by atoms with E-state index >= 15 is 0 Å². The summed E-state index contributed by atoms with van der Waals surface area (Å²) in [5, 5.41) is 5.23. The zero-order valence-corrected chi connectivity index (χ0v) is 13.8. The number of nitrogens with zero attached hydrogens (tertiary/aromatic N) is 1. The van der Waals surface area contributed by atoms with Crippen molar-refractivity contribution in [2.45, 2.75) is 19.5 Å². The van der Waals surface area contributed by atoms with E-state index in [0.717, 1.165) is 0 Å². The number of hydrogen-bond acceptors (Lipinski definition) is 4. The van der Waals surface area contributed by atoms with Crippen LogP contribution in [0.25, 0.3) is 0 Å². The van der Waals surface area contributed by atoms with E-state index in [4.69, 9.17) is 4.42 Å². The van der Waals surface area contributed by atoms with Crippen molar-refractivity contribution in [3.05, 3.63) is 53.7 Å². The highest BCUT2D eigenvalue weighted by Crippen LogP contribution is 2.18. The first kappa shape index (κ1) is 17.5. The molecule has 0 radical (unpaired) electrons. The lowest BCUT2D eigenvalue weighted by Gasteiger charge is -2.16. The molecule has 1 heterocycles. The molecule has 6 nitrogen and oxygen atoms in total. The lowest BCUT2D eigenvalue weighted by atomic mass is 10.2. The van der Waals surface area contributed by atoms with Gasteiger partial charge in [0.2, 0.25) is 5.91 Å². The molecule has 1 aromatic carbocycles. The van der Waals surface area contributed by atoms with Gasteiger partial charge in [-0.2, -0.15) is 0 Å². The average Bonchev–Trinajstić information content (AvgIpc) is 3.06. The van der Waals surface area contributed by atoms with E-state index in [-0.39, 0.29) is 18.3 Å². The lowest BCUT2D eigenvalue weighted by Crippen LogP contribution is -2.44. The van der Waals surface area contributed by atoms with Crippen LogP contribution in [0.2, 0.25) is 0 Å². The molecule has 0 fully saturated rings. The van der Waals surface area contributed by atoms with Crippen LogP contribution in [0.1, 0.15) is 22.8 Å². The van der Waals surface area contributed by atoms with Crippen LogP contribution in [0.5, 0.6) is 0 Å². The average molecular weight is 333 g/mol. The van der Waals surface area contributed by atoms with Crippen LogP contribution < -0.4 is 15.5 Å². The molecule has 0 aliphatic carbocycles. The topological polar surface area (TPSA) is 74.6 Å². The minimum Gasteiger partial charge on any atom is -0.472 e. The number of furan rings is 1. The third-order valence-electron chi connectivity index (χ3n) is 3.48. The Morgan fingerprint density at radius 3 is 2.62 bits per heavy atom. The molecule has 128 valence electrons. The Labute approximate surface area is 139 Å². The predicted octanol–water partition coefficient (Wildman–Crippen LogP) is 1.92. The summed E-state index contributed by atoms with van der Waals surface area (Å²) in [5.74, 6) is -1.11. The van der Waals surface area contributed by atoms with Crippen LogP contribution in [0.15, 0.2) is 41.2 Å². The van der Waals surface area contributed by atoms with Gasteiger partial charge in [0.05, 0.1) is 17.5 Å². The van der Waals surface area contributed by atoms with Gasteiger partial charge in [-0.25, -0.2) is 4.39 Å². The number of carbonyl (C=O) groups is 2. The van der Waals surface area contributed by atoms with Crippen LogP contribution in [0, 0.1) is 5.82 Å². The Bertz CT molecular complexity index is 714. The van der Waals surface area contributed by atoms with E-state index in [0.29, 0.717) is 16.8 Å². The van der Waals surface area contributed by atoms with Crippen LogP contribution >= 0.6 is 0 Å². The molecule has 2 aromatic rings. The fourth-order valence-corrected chi connectivity index (χ4v) is 2.10. The van der Waals surface area contributed by atoms with Crippen LogP contribution in [-0.2, 0) is 11.3 Å². The van der Waals surface area contributed by atoms with Gasteiger partial charge in [-0.1, -0.05) is 6.07 Å². The number of halogens is 1. The van der Waals surface area contributed by atoms with Gasteiger partial charge >= 0.3 is 0 Å². The number of nitrogens with one attached hydrogen (secondary N) is 2. The monoisotopic (exact) mass is 333 g/mol. The minimum atomic E-state index is -0.724. The Kier molecular flexibility index (Phi) is 5.57. The zero-order chi connectivity index (χ0) is 17.7. The molecule has 7 heteroatoms. The molecule has 1 atom stereocenters. The SMILES string of the molecule is CC(NC(=O)c1ccoc1)C(=O)NCc1ccc(N(C)C)c(F)c1. The maximum Gasteiger partial charge on any atom is 0.255 e. The molecule has 2 amide bonds. The highest BCUT2D eigenvalue weighted by Gasteiger charge is 2.17. The van der Waals surface area contributed by atoms with Crippen molar-refractivity contribution in [2.24, 2.45) is 0 Å². The molecule has 0 aliphatic rings. The van der Waals surface area contributed by atoms with Gasteiger partial charge in [-0.3, -0.25) is 9.59 Å². The molecule has 0 aliphatic heterocycles. The first-order chi connectivity index (χ1) is 11.4. The van der Waals surface area contributed by atoms with Gasteiger partial charge in [0, 0.05) is 20.6 Å². The fraction of sp³-hybridized carbons (Fsp3) is 0.294. The summed E-state index contributed by atoms with van der Waals surface area (Å²) in [6, 6.07) is 5.56. The summed E-state index contributed by atoms with van der Waals surface area (Å²) in [7, 11) is 3.51. The van der Waals surface area contributed by atoms with Crippen molar-refractivity contribution < 1.29 is 18.4 Å². The molecule has 2 N–H and O–H groups in total. The molecule has 1 unspecified atom stereocenters. The fourth-order valence-electron chi connectivity index (χ4n) is 2.10. The standard InChI is InChI=1S/C17H20FN3O3/c1-11(20-17(23)13-6-7-24-10-13)16(22)19-9-12-4-5-15(21(2)3)14(18)8-12/h4-8,10-11H,9H2,1-3H3,(H,19,22)(H,20,23). The molecular weight excluding hydrogens is 313 g/mol. The second kappa shape index (κ2) is 7.63. The third kappa shape index (κ3) is 4.34. The molecule has 0 bridgehead atoms. The van der Waals surface area contributed by atoms with Crippen molar-refractivity contribution in [1.82, 2.24) is 10.6 Å². The molecule has 24 heavy (non-hydrogen) atoms. The van der Waals surface area contributed by atoms with E-state index in [1.54, 1.807) is 38.1 Å². The lowest BCUT2D eigenvalue weighted by molar-refractivity contribution is -0.122. The second-order valence-corrected chi connectivity index (χ2v) is 5.61. The van der Waals surface area contributed by atoms with Crippen molar-refractivity contribution in [3.8, 4) is 0 Å². The predicted molar refractivity (Wildman–Crippen MR) is 88.2 cm³/mol. The maximum atomic E-state index is 13.9. The molecule has 2 rings (SSSR count). The van der Waals surface area contributed by atoms with E-state index in [9.17, 15) is 14.0 Å². The number of benzene rings is 1. The van der Waals surface area contributed by atoms with Crippen LogP contribution in [0.4, 0.5) is 10.1 Å². The minimum absolute atomic E-state index is 0.176. The highest BCUT2D eigenvalue weighted by atomic mass is 19.1. The molecular formula is C17H20FN3O3. The normalized spacial score (nSPS) is 11.7. The van der Waals surface area contributed by atoms with E-state index in [1.807, 2.05) is 0 Å². The molecule has 0 spiro atoms. The van der Waals surface area contributed by atoms with Crippen molar-refractivity contribution in [2.75, 3.05) is 19.0 Å². The summed E-state index contributed by atoms with van der Waals surface area (Å²) in [4.78, 5) is 25.5. The Morgan fingerprint density at radius 1 is 1.29 bits per heavy atom. The van der Waals surface area contributed by atoms with Crippen molar-refractivity contribution in [1.29, 1.82) is 0 Å². The first-order valence-corrected chi connectivity index (χ1v) is 7.45. The van der Waals surface area contributed by atoms with E-state index in [1.165, 1.54) is 24.7 Å². The van der Waals surface area contributed by atoms with Crippen LogP contribution in [0.3, 0.4) is 0 Å². The summed E-state index contributed by atoms with van der Waals surface area (Å²) < 4.78 is 18.7. The Morgan fingerprint density at radius 2 is 2.04 bits per heavy atom. The molecule has 0 saturated heterocycles. The van der Waals surface area contributed by atoms with Gasteiger partial charge < -0.3 is 20.0 Å². The Balaban J connectivity index is 1.88. The third-order valence-corrected chi connectivity index (χ3v) is 3.48. The summed E-state index contributed by atoms with van der Waals surface area (Å²) in [6.45, 7) is 1.75. The van der Waals surface area contributed by atoms with Crippen LogP contribution in [-0.4, -0.2) is 32.0 Å². The number of carbonyl (C=O) groups excluding carboxylic acids is 2. The Hall–Kier alpha value is -2.83. The van der Waals surface area contributed by atoms with Crippen molar-refractivity contribution in [3.63, 3.8) is 0 Å². The number of amides is 2. The molecule has 1 aromatic heterocycles. The van der Waals surface area contributed by atoms with Crippen molar-refractivity contribution >= 4 is 17.5 Å².